The van der Waals surface area contributed by atoms with Crippen LogP contribution in [0.4, 0.5) is 5.69 Å². The number of likely N-dealkylation sites (N-methyl/N-ethyl adjacent to an activating group) is 1. The Balaban J connectivity index is 1.70. The predicted molar refractivity (Wildman–Crippen MR) is 104 cm³/mol. The van der Waals surface area contributed by atoms with Crippen LogP contribution in [0.1, 0.15) is 26.3 Å². The number of aryl methyl sites for hydroxylation is 1. The van der Waals surface area contributed by atoms with Crippen molar-refractivity contribution in [3.05, 3.63) is 65.2 Å². The smallest absolute Gasteiger partial charge is 0.255 e. The molecule has 1 heterocycles. The summed E-state index contributed by atoms with van der Waals surface area (Å²) in [5.41, 5.74) is 2.81. The zero-order valence-electron chi connectivity index (χ0n) is 15.4. The highest BCUT2D eigenvalue weighted by molar-refractivity contribution is 6.10. The Bertz CT molecular complexity index is 778. The average molecular weight is 351 g/mol. The van der Waals surface area contributed by atoms with Gasteiger partial charge in [-0.15, -0.1) is 0 Å². The molecule has 5 nitrogen and oxygen atoms in total. The standard InChI is InChI=1S/C21H25N3O2/c1-16-7-9-17(10-8-16)21(26)22-19-6-4-3-5-18(19)20(25)15-24-13-11-23(2)12-14-24/h3-10H,11-15H2,1-2H3,(H,22,26). The van der Waals surface area contributed by atoms with Crippen molar-refractivity contribution in [2.45, 2.75) is 6.92 Å². The number of carbonyl (C=O) groups is 2. The molecule has 0 bridgehead atoms. The summed E-state index contributed by atoms with van der Waals surface area (Å²) in [5.74, 6) is -0.167. The Morgan fingerprint density at radius 2 is 1.62 bits per heavy atom. The predicted octanol–water partition coefficient (Wildman–Crippen LogP) is 2.68. The lowest BCUT2D eigenvalue weighted by atomic mass is 10.1. The number of rotatable bonds is 5. The highest BCUT2D eigenvalue weighted by atomic mass is 16.2. The van der Waals surface area contributed by atoms with Gasteiger partial charge in [0.25, 0.3) is 5.91 Å². The van der Waals surface area contributed by atoms with E-state index in [1.54, 1.807) is 24.3 Å². The van der Waals surface area contributed by atoms with E-state index in [2.05, 4.69) is 22.2 Å². The zero-order chi connectivity index (χ0) is 18.5. The van der Waals surface area contributed by atoms with E-state index in [-0.39, 0.29) is 11.7 Å². The summed E-state index contributed by atoms with van der Waals surface area (Å²) in [6.07, 6.45) is 0. The van der Waals surface area contributed by atoms with Crippen molar-refractivity contribution in [2.24, 2.45) is 0 Å². The fourth-order valence-corrected chi connectivity index (χ4v) is 3.03. The summed E-state index contributed by atoms with van der Waals surface area (Å²) in [5, 5.41) is 2.88. The van der Waals surface area contributed by atoms with Crippen LogP contribution >= 0.6 is 0 Å². The van der Waals surface area contributed by atoms with E-state index in [9.17, 15) is 9.59 Å². The molecule has 2 aromatic rings. The molecule has 3 rings (SSSR count). The minimum Gasteiger partial charge on any atom is -0.321 e. The van der Waals surface area contributed by atoms with Gasteiger partial charge in [0.2, 0.25) is 0 Å². The maximum Gasteiger partial charge on any atom is 0.255 e. The molecule has 0 aliphatic carbocycles. The van der Waals surface area contributed by atoms with Crippen molar-refractivity contribution in [1.29, 1.82) is 0 Å². The quantitative estimate of drug-likeness (QED) is 0.842. The Morgan fingerprint density at radius 1 is 0.962 bits per heavy atom. The van der Waals surface area contributed by atoms with E-state index < -0.39 is 0 Å². The molecule has 1 fully saturated rings. The number of hydrogen-bond donors (Lipinski definition) is 1. The van der Waals surface area contributed by atoms with E-state index in [1.165, 1.54) is 0 Å². The van der Waals surface area contributed by atoms with Gasteiger partial charge in [0, 0.05) is 37.3 Å². The molecule has 0 spiro atoms. The van der Waals surface area contributed by atoms with Gasteiger partial charge in [-0.25, -0.2) is 0 Å². The molecule has 1 amide bonds. The fourth-order valence-electron chi connectivity index (χ4n) is 3.03. The summed E-state index contributed by atoms with van der Waals surface area (Å²) in [7, 11) is 2.09. The number of nitrogens with zero attached hydrogens (tertiary/aromatic N) is 2. The molecule has 5 heteroatoms. The van der Waals surface area contributed by atoms with Gasteiger partial charge in [-0.1, -0.05) is 29.8 Å². The Labute approximate surface area is 154 Å². The van der Waals surface area contributed by atoms with Crippen molar-refractivity contribution < 1.29 is 9.59 Å². The third-order valence-electron chi connectivity index (χ3n) is 4.75. The molecule has 0 atom stereocenters. The number of amides is 1. The van der Waals surface area contributed by atoms with Crippen molar-refractivity contribution in [3.63, 3.8) is 0 Å². The lowest BCUT2D eigenvalue weighted by Crippen LogP contribution is -2.46. The number of anilines is 1. The van der Waals surface area contributed by atoms with Gasteiger partial charge in [0.15, 0.2) is 5.78 Å². The monoisotopic (exact) mass is 351 g/mol. The summed E-state index contributed by atoms with van der Waals surface area (Å²) >= 11 is 0. The van der Waals surface area contributed by atoms with Gasteiger partial charge in [-0.2, -0.15) is 0 Å². The third kappa shape index (κ3) is 4.56. The first-order valence-corrected chi connectivity index (χ1v) is 8.94. The summed E-state index contributed by atoms with van der Waals surface area (Å²) < 4.78 is 0. The van der Waals surface area contributed by atoms with Gasteiger partial charge < -0.3 is 10.2 Å². The summed E-state index contributed by atoms with van der Waals surface area (Å²) in [4.78, 5) is 29.7. The second-order valence-corrected chi connectivity index (χ2v) is 6.87. The summed E-state index contributed by atoms with van der Waals surface area (Å²) in [6, 6.07) is 14.6. The fraction of sp³-hybridized carbons (Fsp3) is 0.333. The van der Waals surface area contributed by atoms with Crippen LogP contribution in [0.15, 0.2) is 48.5 Å². The molecule has 0 radical (unpaired) electrons. The molecular weight excluding hydrogens is 326 g/mol. The largest absolute Gasteiger partial charge is 0.321 e. The number of carbonyl (C=O) groups excluding carboxylic acids is 2. The molecule has 1 aliphatic heterocycles. The van der Waals surface area contributed by atoms with Crippen LogP contribution in [-0.2, 0) is 0 Å². The lowest BCUT2D eigenvalue weighted by Gasteiger charge is -2.31. The molecular formula is C21H25N3O2. The first kappa shape index (κ1) is 18.3. The molecule has 1 N–H and O–H groups in total. The van der Waals surface area contributed by atoms with Crippen LogP contribution in [0.25, 0.3) is 0 Å². The molecule has 0 saturated carbocycles. The van der Waals surface area contributed by atoms with Crippen molar-refractivity contribution in [3.8, 4) is 0 Å². The third-order valence-corrected chi connectivity index (χ3v) is 4.75. The maximum absolute atomic E-state index is 12.8. The topological polar surface area (TPSA) is 52.7 Å². The normalized spacial score (nSPS) is 15.6. The van der Waals surface area contributed by atoms with Crippen molar-refractivity contribution >= 4 is 17.4 Å². The number of nitrogens with one attached hydrogen (secondary N) is 1. The maximum atomic E-state index is 12.8. The van der Waals surface area contributed by atoms with Gasteiger partial charge in [-0.3, -0.25) is 14.5 Å². The van der Waals surface area contributed by atoms with E-state index in [0.717, 1.165) is 31.7 Å². The molecule has 26 heavy (non-hydrogen) atoms. The van der Waals surface area contributed by atoms with E-state index in [0.29, 0.717) is 23.4 Å². The SMILES string of the molecule is Cc1ccc(C(=O)Nc2ccccc2C(=O)CN2CCN(C)CC2)cc1. The van der Waals surface area contributed by atoms with Crippen LogP contribution in [-0.4, -0.2) is 61.3 Å². The zero-order valence-corrected chi connectivity index (χ0v) is 15.4. The molecule has 0 aromatic heterocycles. The Kier molecular flexibility index (Phi) is 5.81. The molecule has 0 unspecified atom stereocenters. The minimum absolute atomic E-state index is 0.0364. The second kappa shape index (κ2) is 8.25. The van der Waals surface area contributed by atoms with Gasteiger partial charge in [0.05, 0.1) is 12.2 Å². The number of benzene rings is 2. The van der Waals surface area contributed by atoms with Gasteiger partial charge in [-0.05, 0) is 38.2 Å². The van der Waals surface area contributed by atoms with Crippen molar-refractivity contribution in [2.75, 3.05) is 45.1 Å². The first-order chi connectivity index (χ1) is 12.5. The van der Waals surface area contributed by atoms with Crippen LogP contribution in [0.2, 0.25) is 0 Å². The number of piperazine rings is 1. The first-order valence-electron chi connectivity index (χ1n) is 8.94. The number of hydrogen-bond acceptors (Lipinski definition) is 4. The number of ketones is 1. The average Bonchev–Trinajstić information content (AvgIpc) is 2.64. The molecule has 2 aromatic carbocycles. The van der Waals surface area contributed by atoms with E-state index >= 15 is 0 Å². The highest BCUT2D eigenvalue weighted by Gasteiger charge is 2.19. The van der Waals surface area contributed by atoms with Crippen molar-refractivity contribution in [1.82, 2.24) is 9.80 Å². The van der Waals surface area contributed by atoms with Crippen LogP contribution in [0.5, 0.6) is 0 Å². The summed E-state index contributed by atoms with van der Waals surface area (Å²) in [6.45, 7) is 6.08. The van der Waals surface area contributed by atoms with E-state index in [4.69, 9.17) is 0 Å². The lowest BCUT2D eigenvalue weighted by molar-refractivity contribution is 0.0877. The molecule has 136 valence electrons. The van der Waals surface area contributed by atoms with Crippen LogP contribution in [0, 0.1) is 6.92 Å². The Hall–Kier alpha value is -2.50. The van der Waals surface area contributed by atoms with Gasteiger partial charge in [0.1, 0.15) is 0 Å². The van der Waals surface area contributed by atoms with Gasteiger partial charge >= 0.3 is 0 Å². The van der Waals surface area contributed by atoms with Crippen LogP contribution in [0.3, 0.4) is 0 Å². The number of para-hydroxylation sites is 1. The minimum atomic E-state index is -0.204. The Morgan fingerprint density at radius 3 is 2.31 bits per heavy atom. The highest BCUT2D eigenvalue weighted by Crippen LogP contribution is 2.18. The molecule has 1 aliphatic rings. The number of Topliss-reactive ketones (excluding diaryl/α,β-unsaturated/α-hetero) is 1. The molecule has 1 saturated heterocycles. The van der Waals surface area contributed by atoms with E-state index in [1.807, 2.05) is 31.2 Å². The second-order valence-electron chi connectivity index (χ2n) is 6.87. The van der Waals surface area contributed by atoms with Crippen LogP contribution < -0.4 is 5.32 Å².